The maximum atomic E-state index is 14.3. The van der Waals surface area contributed by atoms with Crippen LogP contribution in [-0.4, -0.2) is 9.13 Å². The van der Waals surface area contributed by atoms with Crippen molar-refractivity contribution in [2.45, 2.75) is 73.1 Å². The fourth-order valence-electron chi connectivity index (χ4n) is 12.1. The van der Waals surface area contributed by atoms with Crippen LogP contribution < -0.4 is 22.2 Å². The Balaban J connectivity index is 1.15. The van der Waals surface area contributed by atoms with E-state index in [9.17, 15) is 19.2 Å². The third kappa shape index (κ3) is 4.31. The molecule has 6 aromatic carbocycles. The molecule has 0 radical (unpaired) electrons. The van der Waals surface area contributed by atoms with Gasteiger partial charge in [0.05, 0.1) is 27.2 Å². The third-order valence-corrected chi connectivity index (χ3v) is 15.5. The summed E-state index contributed by atoms with van der Waals surface area (Å²) in [5.41, 5.74) is 12.9. The van der Waals surface area contributed by atoms with E-state index in [2.05, 4.69) is 83.1 Å². The van der Waals surface area contributed by atoms with E-state index in [1.807, 2.05) is 27.7 Å². The van der Waals surface area contributed by atoms with Crippen LogP contribution in [0.1, 0.15) is 88.9 Å². The molecule has 2 atom stereocenters. The number of aromatic nitrogens is 2. The molecule has 2 unspecified atom stereocenters. The lowest BCUT2D eigenvalue weighted by Gasteiger charge is -2.59. The molecule has 0 spiro atoms. The van der Waals surface area contributed by atoms with E-state index in [1.54, 1.807) is 24.3 Å². The van der Waals surface area contributed by atoms with Crippen molar-refractivity contribution in [2.24, 2.45) is 18.9 Å². The van der Waals surface area contributed by atoms with Crippen molar-refractivity contribution in [2.75, 3.05) is 0 Å². The molecule has 0 N–H and O–H groups in total. The highest BCUT2D eigenvalue weighted by Gasteiger charge is 2.61. The van der Waals surface area contributed by atoms with Gasteiger partial charge in [0.15, 0.2) is 44.7 Å². The van der Waals surface area contributed by atoms with Crippen LogP contribution in [0.4, 0.5) is 0 Å². The summed E-state index contributed by atoms with van der Waals surface area (Å²) in [6, 6.07) is 23.6. The highest BCUT2D eigenvalue weighted by Crippen LogP contribution is 2.67. The molecular formula is C54H44N2O8. The molecule has 10 heteroatoms. The Morgan fingerprint density at radius 1 is 0.406 bits per heavy atom. The summed E-state index contributed by atoms with van der Waals surface area (Å²) < 4.78 is 29.2. The highest BCUT2D eigenvalue weighted by atomic mass is 16.4. The summed E-state index contributed by atoms with van der Waals surface area (Å²) >= 11 is 0. The summed E-state index contributed by atoms with van der Waals surface area (Å²) in [6.07, 6.45) is 0. The van der Waals surface area contributed by atoms with Crippen LogP contribution in [0.15, 0.2) is 110 Å². The Labute approximate surface area is 364 Å². The van der Waals surface area contributed by atoms with Crippen LogP contribution in [0, 0.1) is 46.5 Å². The lowest BCUT2D eigenvalue weighted by atomic mass is 9.42. The van der Waals surface area contributed by atoms with Gasteiger partial charge in [-0.3, -0.25) is 23.7 Å². The number of hydrogen-bond donors (Lipinski definition) is 0. The standard InChI is InChI=1S/C54H44N2O8/c1-23(2)53-34-13-11-12-14-35(34)54(24(3)4,37-20-45-44(19-36(37)53)61-40-15-30-31(16-41(40)62-45)50(58)55(10)49(30)57)39-22-47-46(21-38(39)53)63-42-17-32-33(18-43(42)64-47)52(60)56(51(32)59)48-28(8)26(6)25(5)27(7)29(48)9/h11-24H,1-10H3. The molecule has 4 aromatic heterocycles. The predicted octanol–water partition coefficient (Wildman–Crippen LogP) is 10.7. The molecule has 3 aliphatic rings. The molecule has 0 saturated heterocycles. The monoisotopic (exact) mass is 848 g/mol. The first-order valence-electron chi connectivity index (χ1n) is 21.8. The quantitative estimate of drug-likeness (QED) is 0.161. The van der Waals surface area contributed by atoms with Gasteiger partial charge in [0.1, 0.15) is 0 Å². The van der Waals surface area contributed by atoms with E-state index in [-0.39, 0.29) is 44.5 Å². The smallest absolute Gasteiger partial charge is 0.266 e. The molecular weight excluding hydrogens is 805 g/mol. The van der Waals surface area contributed by atoms with Crippen molar-refractivity contribution >= 4 is 66.2 Å². The molecule has 2 bridgehead atoms. The number of fused-ring (bicyclic) bond motifs is 6. The van der Waals surface area contributed by atoms with Crippen molar-refractivity contribution in [1.82, 2.24) is 9.13 Å². The summed E-state index contributed by atoms with van der Waals surface area (Å²) in [5.74, 6) is 0.0326. The molecule has 13 rings (SSSR count). The molecule has 0 aliphatic heterocycles. The van der Waals surface area contributed by atoms with Gasteiger partial charge >= 0.3 is 0 Å². The molecule has 10 aromatic rings. The first-order chi connectivity index (χ1) is 30.5. The zero-order valence-corrected chi connectivity index (χ0v) is 37.2. The van der Waals surface area contributed by atoms with Gasteiger partial charge in [-0.25, -0.2) is 4.57 Å². The molecule has 64 heavy (non-hydrogen) atoms. The minimum absolute atomic E-state index is 0.0163. The van der Waals surface area contributed by atoms with Crippen LogP contribution in [0.3, 0.4) is 0 Å². The van der Waals surface area contributed by atoms with Crippen molar-refractivity contribution in [3.8, 4) is 5.69 Å². The first kappa shape index (κ1) is 38.5. The topological polar surface area (TPSA) is 131 Å². The molecule has 0 saturated carbocycles. The van der Waals surface area contributed by atoms with E-state index >= 15 is 0 Å². The zero-order valence-electron chi connectivity index (χ0n) is 37.2. The molecule has 3 aliphatic carbocycles. The fraction of sp³-hybridized carbons (Fsp3) is 0.259. The molecule has 318 valence electrons. The van der Waals surface area contributed by atoms with Gasteiger partial charge in [-0.15, -0.1) is 0 Å². The van der Waals surface area contributed by atoms with Crippen LogP contribution >= 0.6 is 0 Å². The number of rotatable bonds is 3. The molecule has 10 nitrogen and oxygen atoms in total. The highest BCUT2D eigenvalue weighted by molar-refractivity contribution is 5.97. The van der Waals surface area contributed by atoms with Crippen molar-refractivity contribution < 1.29 is 17.7 Å². The number of nitrogens with zero attached hydrogens (tertiary/aromatic N) is 2. The SMILES string of the molecule is Cc1c(C)c(C)c(-n2c(=O)c3cc4oc5cc6c(cc5oc4cc3c2=O)C2(C(C)C)c3ccccc3C6(C(C)C)c3cc4oc5cc6c(=O)n(C)c(=O)c6cc5oc4cc32)c(C)c1C. The van der Waals surface area contributed by atoms with E-state index in [4.69, 9.17) is 17.7 Å². The number of benzene rings is 6. The van der Waals surface area contributed by atoms with E-state index < -0.39 is 21.9 Å². The van der Waals surface area contributed by atoms with Gasteiger partial charge < -0.3 is 17.7 Å². The Kier molecular flexibility index (Phi) is 7.38. The van der Waals surface area contributed by atoms with Crippen LogP contribution in [0.5, 0.6) is 0 Å². The summed E-state index contributed by atoms with van der Waals surface area (Å²) in [7, 11) is 1.47. The average Bonchev–Trinajstić information content (AvgIpc) is 3.63. The van der Waals surface area contributed by atoms with E-state index in [0.29, 0.717) is 50.4 Å². The number of hydrogen-bond acceptors (Lipinski definition) is 8. The Hall–Kier alpha value is -7.20. The second-order valence-corrected chi connectivity index (χ2v) is 18.8. The van der Waals surface area contributed by atoms with Crippen molar-refractivity contribution in [3.05, 3.63) is 175 Å². The minimum atomic E-state index is -0.695. The fourth-order valence-corrected chi connectivity index (χ4v) is 12.1. The van der Waals surface area contributed by atoms with Crippen LogP contribution in [-0.2, 0) is 17.9 Å². The van der Waals surface area contributed by atoms with E-state index in [0.717, 1.165) is 54.6 Å². The van der Waals surface area contributed by atoms with Crippen molar-refractivity contribution in [3.63, 3.8) is 0 Å². The van der Waals surface area contributed by atoms with Crippen LogP contribution in [0.25, 0.3) is 71.9 Å². The second kappa shape index (κ2) is 12.3. The molecule has 4 heterocycles. The Morgan fingerprint density at radius 2 is 0.688 bits per heavy atom. The second-order valence-electron chi connectivity index (χ2n) is 18.8. The normalized spacial score (nSPS) is 17.9. The minimum Gasteiger partial charge on any atom is -0.449 e. The lowest BCUT2D eigenvalue weighted by Crippen LogP contribution is -2.55. The maximum absolute atomic E-state index is 14.3. The zero-order chi connectivity index (χ0) is 44.8. The summed E-state index contributed by atoms with van der Waals surface area (Å²) in [5, 5.41) is 1.10. The van der Waals surface area contributed by atoms with Crippen LogP contribution in [0.2, 0.25) is 0 Å². The van der Waals surface area contributed by atoms with Gasteiger partial charge in [0.25, 0.3) is 22.2 Å². The van der Waals surface area contributed by atoms with Gasteiger partial charge in [0, 0.05) is 17.9 Å². The summed E-state index contributed by atoms with van der Waals surface area (Å²) in [6.45, 7) is 19.0. The van der Waals surface area contributed by atoms with Crippen molar-refractivity contribution in [1.29, 1.82) is 0 Å². The lowest BCUT2D eigenvalue weighted by molar-refractivity contribution is 0.325. The molecule has 0 amide bonds. The van der Waals surface area contributed by atoms with Gasteiger partial charge in [-0.1, -0.05) is 52.0 Å². The largest absolute Gasteiger partial charge is 0.449 e. The Bertz CT molecular complexity index is 3840. The van der Waals surface area contributed by atoms with E-state index in [1.165, 1.54) is 22.7 Å². The third-order valence-electron chi connectivity index (χ3n) is 15.5. The van der Waals surface area contributed by atoms with Gasteiger partial charge in [0.2, 0.25) is 0 Å². The predicted molar refractivity (Wildman–Crippen MR) is 250 cm³/mol. The first-order valence-corrected chi connectivity index (χ1v) is 21.8. The molecule has 0 fully saturated rings. The Morgan fingerprint density at radius 3 is 1.00 bits per heavy atom. The van der Waals surface area contributed by atoms with Gasteiger partial charge in [-0.05, 0) is 156 Å². The van der Waals surface area contributed by atoms with Gasteiger partial charge in [-0.2, -0.15) is 0 Å². The summed E-state index contributed by atoms with van der Waals surface area (Å²) in [4.78, 5) is 54.6. The average molecular weight is 849 g/mol. The maximum Gasteiger partial charge on any atom is 0.266 e.